The lowest BCUT2D eigenvalue weighted by molar-refractivity contribution is -0.00811. The van der Waals surface area contributed by atoms with Gasteiger partial charge in [0.25, 0.3) is 5.91 Å². The molecule has 0 saturated heterocycles. The smallest absolute Gasteiger partial charge is 0.251 e. The maximum Gasteiger partial charge on any atom is 0.251 e. The van der Waals surface area contributed by atoms with Gasteiger partial charge in [-0.3, -0.25) is 9.59 Å². The van der Waals surface area contributed by atoms with Gasteiger partial charge in [0, 0.05) is 23.9 Å². The predicted molar refractivity (Wildman–Crippen MR) is 91.5 cm³/mol. The lowest BCUT2D eigenvalue weighted by atomic mass is 9.48. The first-order valence-corrected chi connectivity index (χ1v) is 8.62. The topological polar surface area (TPSA) is 62.0 Å². The number of hydrogen-bond acceptors (Lipinski definition) is 2. The second-order valence-electron chi connectivity index (χ2n) is 7.44. The summed E-state index contributed by atoms with van der Waals surface area (Å²) in [6.07, 6.45) is 6.48. The van der Waals surface area contributed by atoms with E-state index in [-0.39, 0.29) is 11.5 Å². The zero-order chi connectivity index (χ0) is 16.6. The molecule has 1 amide bonds. The van der Waals surface area contributed by atoms with E-state index < -0.39 is 0 Å². The minimum absolute atomic E-state index is 0.159. The number of fused-ring (bicyclic) bond motifs is 1. The fraction of sp³-hybridized carbons (Fsp3) is 0.579. The highest BCUT2D eigenvalue weighted by Crippen LogP contribution is 2.59. The molecule has 1 aromatic rings. The number of amides is 1. The average molecular weight is 314 g/mol. The van der Waals surface area contributed by atoms with E-state index in [2.05, 4.69) is 30.2 Å². The third kappa shape index (κ3) is 2.99. The van der Waals surface area contributed by atoms with Crippen molar-refractivity contribution in [1.82, 2.24) is 10.3 Å². The molecule has 23 heavy (non-hydrogen) atoms. The highest BCUT2D eigenvalue weighted by molar-refractivity contribution is 5.94. The van der Waals surface area contributed by atoms with Crippen LogP contribution in [0.3, 0.4) is 0 Å². The van der Waals surface area contributed by atoms with Crippen LogP contribution < -0.4 is 10.9 Å². The number of carbonyl (C=O) groups excluding carboxylic acids is 1. The van der Waals surface area contributed by atoms with Crippen LogP contribution in [-0.4, -0.2) is 17.4 Å². The summed E-state index contributed by atoms with van der Waals surface area (Å²) in [4.78, 5) is 26.5. The number of rotatable bonds is 5. The highest BCUT2D eigenvalue weighted by atomic mass is 16.2. The Bertz CT molecular complexity index is 700. The molecule has 2 atom stereocenters. The summed E-state index contributed by atoms with van der Waals surface area (Å²) in [5, 5.41) is 2.96. The van der Waals surface area contributed by atoms with Crippen molar-refractivity contribution < 1.29 is 4.79 Å². The van der Waals surface area contributed by atoms with E-state index in [4.69, 9.17) is 0 Å². The zero-order valence-electron chi connectivity index (χ0n) is 14.2. The minimum Gasteiger partial charge on any atom is -0.352 e. The van der Waals surface area contributed by atoms with Crippen LogP contribution in [0.2, 0.25) is 0 Å². The van der Waals surface area contributed by atoms with Crippen molar-refractivity contribution in [2.24, 2.45) is 17.3 Å². The molecule has 1 fully saturated rings. The summed E-state index contributed by atoms with van der Waals surface area (Å²) in [5.74, 6) is 1.37. The Kier molecular flexibility index (Phi) is 4.17. The van der Waals surface area contributed by atoms with Gasteiger partial charge in [0.15, 0.2) is 0 Å². The van der Waals surface area contributed by atoms with Crippen LogP contribution in [0.4, 0.5) is 0 Å². The van der Waals surface area contributed by atoms with E-state index in [1.807, 2.05) is 6.92 Å². The van der Waals surface area contributed by atoms with Crippen molar-refractivity contribution in [3.05, 3.63) is 45.4 Å². The fourth-order valence-electron chi connectivity index (χ4n) is 4.10. The van der Waals surface area contributed by atoms with Crippen molar-refractivity contribution in [2.45, 2.75) is 46.5 Å². The lowest BCUT2D eigenvalue weighted by Gasteiger charge is -2.56. The number of carbonyl (C=O) groups is 1. The normalized spacial score (nSPS) is 24.6. The van der Waals surface area contributed by atoms with Crippen LogP contribution >= 0.6 is 0 Å². The zero-order valence-corrected chi connectivity index (χ0v) is 14.2. The Morgan fingerprint density at radius 2 is 2.17 bits per heavy atom. The number of nitrogens with one attached hydrogen (secondary N) is 2. The summed E-state index contributed by atoms with van der Waals surface area (Å²) in [6, 6.07) is 3.13. The molecular weight excluding hydrogens is 288 g/mol. The number of H-pyrrole nitrogens is 1. The second kappa shape index (κ2) is 5.99. The molecule has 3 aliphatic rings. The third-order valence-electron chi connectivity index (χ3n) is 5.83. The number of aromatic nitrogens is 1. The fourth-order valence-corrected chi connectivity index (χ4v) is 4.10. The van der Waals surface area contributed by atoms with Crippen LogP contribution in [0, 0.1) is 17.3 Å². The number of aryl methyl sites for hydroxylation is 1. The van der Waals surface area contributed by atoms with E-state index in [9.17, 15) is 9.59 Å². The van der Waals surface area contributed by atoms with E-state index >= 15 is 0 Å². The first-order valence-electron chi connectivity index (χ1n) is 8.62. The SMILES string of the molecule is CCc1cc(C(=O)NCCC2=CCC3CC2C3(C)C)cc(=O)[nH]1. The molecule has 0 aliphatic heterocycles. The summed E-state index contributed by atoms with van der Waals surface area (Å²) < 4.78 is 0. The van der Waals surface area contributed by atoms with Gasteiger partial charge in [-0.15, -0.1) is 0 Å². The first-order chi connectivity index (χ1) is 10.9. The maximum atomic E-state index is 12.2. The van der Waals surface area contributed by atoms with Crippen LogP contribution in [0.5, 0.6) is 0 Å². The van der Waals surface area contributed by atoms with Gasteiger partial charge in [-0.25, -0.2) is 0 Å². The van der Waals surface area contributed by atoms with Crippen molar-refractivity contribution in [3.63, 3.8) is 0 Å². The maximum absolute atomic E-state index is 12.2. The van der Waals surface area contributed by atoms with Gasteiger partial charge in [0.1, 0.15) is 0 Å². The third-order valence-corrected chi connectivity index (χ3v) is 5.83. The standard InChI is InChI=1S/C19H26N2O2/c1-4-15-9-13(10-17(22)21-15)18(23)20-8-7-12-5-6-14-11-16(12)19(14,2)3/h5,9-10,14,16H,4,6-8,11H2,1-3H3,(H,20,23)(H,21,22). The molecule has 2 bridgehead atoms. The summed E-state index contributed by atoms with van der Waals surface area (Å²) >= 11 is 0. The van der Waals surface area contributed by atoms with Crippen molar-refractivity contribution in [1.29, 1.82) is 0 Å². The quantitative estimate of drug-likeness (QED) is 0.821. The first kappa shape index (κ1) is 16.0. The van der Waals surface area contributed by atoms with Crippen LogP contribution in [-0.2, 0) is 6.42 Å². The molecule has 1 saturated carbocycles. The van der Waals surface area contributed by atoms with E-state index in [0.717, 1.165) is 18.0 Å². The largest absolute Gasteiger partial charge is 0.352 e. The molecule has 2 N–H and O–H groups in total. The molecule has 1 aromatic heterocycles. The molecule has 0 spiro atoms. The van der Waals surface area contributed by atoms with Gasteiger partial charge >= 0.3 is 0 Å². The van der Waals surface area contributed by atoms with Gasteiger partial charge in [0.05, 0.1) is 0 Å². The summed E-state index contributed by atoms with van der Waals surface area (Å²) in [7, 11) is 0. The van der Waals surface area contributed by atoms with E-state index in [1.54, 1.807) is 6.07 Å². The molecule has 4 rings (SSSR count). The summed E-state index contributed by atoms with van der Waals surface area (Å²) in [6.45, 7) is 7.31. The molecule has 124 valence electrons. The Balaban J connectivity index is 1.57. The van der Waals surface area contributed by atoms with Crippen LogP contribution in [0.25, 0.3) is 0 Å². The van der Waals surface area contributed by atoms with Crippen molar-refractivity contribution in [2.75, 3.05) is 6.54 Å². The van der Waals surface area contributed by atoms with Gasteiger partial charge in [0.2, 0.25) is 5.56 Å². The second-order valence-corrected chi connectivity index (χ2v) is 7.44. The number of pyridine rings is 1. The van der Waals surface area contributed by atoms with Gasteiger partial charge < -0.3 is 10.3 Å². The van der Waals surface area contributed by atoms with E-state index in [0.29, 0.717) is 29.9 Å². The minimum atomic E-state index is -0.216. The Labute approximate surface area is 137 Å². The molecule has 3 aliphatic carbocycles. The van der Waals surface area contributed by atoms with Crippen LogP contribution in [0.1, 0.15) is 56.1 Å². The Morgan fingerprint density at radius 1 is 1.39 bits per heavy atom. The number of allylic oxidation sites excluding steroid dienone is 1. The number of aromatic amines is 1. The predicted octanol–water partition coefficient (Wildman–Crippen LogP) is 3.05. The molecule has 0 aromatic carbocycles. The van der Waals surface area contributed by atoms with E-state index in [1.165, 1.54) is 24.5 Å². The van der Waals surface area contributed by atoms with Crippen LogP contribution in [0.15, 0.2) is 28.6 Å². The molecule has 2 unspecified atom stereocenters. The van der Waals surface area contributed by atoms with Gasteiger partial charge in [-0.05, 0) is 49.0 Å². The number of hydrogen-bond donors (Lipinski definition) is 2. The highest BCUT2D eigenvalue weighted by Gasteiger charge is 2.50. The van der Waals surface area contributed by atoms with Crippen molar-refractivity contribution in [3.8, 4) is 0 Å². The van der Waals surface area contributed by atoms with Gasteiger partial charge in [-0.2, -0.15) is 0 Å². The average Bonchev–Trinajstić information content (AvgIpc) is 2.54. The molecular formula is C19H26N2O2. The molecule has 4 heteroatoms. The molecule has 1 heterocycles. The Hall–Kier alpha value is -1.84. The molecule has 4 nitrogen and oxygen atoms in total. The van der Waals surface area contributed by atoms with Crippen molar-refractivity contribution >= 4 is 5.91 Å². The van der Waals surface area contributed by atoms with Gasteiger partial charge in [-0.1, -0.05) is 32.4 Å². The lowest BCUT2D eigenvalue weighted by Crippen LogP contribution is -2.48. The summed E-state index contributed by atoms with van der Waals surface area (Å²) in [5.41, 5.74) is 2.95. The Morgan fingerprint density at radius 3 is 2.83 bits per heavy atom. The molecule has 0 radical (unpaired) electrons. The monoisotopic (exact) mass is 314 g/mol.